The molecule has 1 atom stereocenters. The van der Waals surface area contributed by atoms with Gasteiger partial charge in [-0.2, -0.15) is 12.7 Å². The van der Waals surface area contributed by atoms with Crippen molar-refractivity contribution in [3.05, 3.63) is 58.4 Å². The van der Waals surface area contributed by atoms with Crippen LogP contribution >= 0.6 is 11.6 Å². The van der Waals surface area contributed by atoms with E-state index in [-0.39, 0.29) is 35.2 Å². The maximum atomic E-state index is 15.1. The highest BCUT2D eigenvalue weighted by Crippen LogP contribution is 2.29. The second-order valence-corrected chi connectivity index (χ2v) is 9.08. The van der Waals surface area contributed by atoms with Gasteiger partial charge in [0.05, 0.1) is 22.4 Å². The topological polar surface area (TPSA) is 104 Å². The number of aromatic amines is 1. The third-order valence-electron chi connectivity index (χ3n) is 5.08. The van der Waals surface area contributed by atoms with E-state index in [4.69, 9.17) is 16.3 Å². The number of benzene rings is 1. The SMILES string of the molecule is COC1CCN(S(=O)(=O)Nc2ccc(F)c(C(=O)c3c[nH]c4ncc(Cl)cc34)c2F)C1. The summed E-state index contributed by atoms with van der Waals surface area (Å²) >= 11 is 5.92. The van der Waals surface area contributed by atoms with Crippen LogP contribution in [0.5, 0.6) is 0 Å². The van der Waals surface area contributed by atoms with Gasteiger partial charge in [-0.1, -0.05) is 11.6 Å². The molecule has 3 heterocycles. The van der Waals surface area contributed by atoms with E-state index in [9.17, 15) is 17.6 Å². The van der Waals surface area contributed by atoms with E-state index in [0.717, 1.165) is 16.4 Å². The van der Waals surface area contributed by atoms with Crippen molar-refractivity contribution in [1.82, 2.24) is 14.3 Å². The number of fused-ring (bicyclic) bond motifs is 1. The lowest BCUT2D eigenvalue weighted by Gasteiger charge is -2.18. The first kappa shape index (κ1) is 21.6. The lowest BCUT2D eigenvalue weighted by atomic mass is 10.0. The van der Waals surface area contributed by atoms with Gasteiger partial charge in [0.15, 0.2) is 5.82 Å². The quantitative estimate of drug-likeness (QED) is 0.539. The fraction of sp³-hybridized carbons (Fsp3) is 0.263. The number of halogens is 3. The third-order valence-corrected chi connectivity index (χ3v) is 6.78. The van der Waals surface area contributed by atoms with Gasteiger partial charge in [-0.25, -0.2) is 13.8 Å². The number of pyridine rings is 1. The number of ether oxygens (including phenoxy) is 1. The Bertz CT molecular complexity index is 1280. The van der Waals surface area contributed by atoms with Crippen molar-refractivity contribution in [2.75, 3.05) is 24.9 Å². The summed E-state index contributed by atoms with van der Waals surface area (Å²) in [5, 5.41) is 0.522. The molecular formula is C19H17ClF2N4O4S. The summed E-state index contributed by atoms with van der Waals surface area (Å²) in [6.07, 6.45) is 2.84. The Balaban J connectivity index is 1.69. The fourth-order valence-corrected chi connectivity index (χ4v) is 4.88. The van der Waals surface area contributed by atoms with Crippen molar-refractivity contribution >= 4 is 44.3 Å². The van der Waals surface area contributed by atoms with Gasteiger partial charge in [0.25, 0.3) is 0 Å². The van der Waals surface area contributed by atoms with Crippen molar-refractivity contribution < 1.29 is 26.7 Å². The Morgan fingerprint density at radius 3 is 2.87 bits per heavy atom. The molecule has 1 aliphatic heterocycles. The molecule has 0 amide bonds. The first-order valence-electron chi connectivity index (χ1n) is 9.17. The van der Waals surface area contributed by atoms with Crippen LogP contribution in [0.15, 0.2) is 30.6 Å². The monoisotopic (exact) mass is 470 g/mol. The number of nitrogens with one attached hydrogen (secondary N) is 2. The summed E-state index contributed by atoms with van der Waals surface area (Å²) in [6, 6.07) is 3.20. The van der Waals surface area contributed by atoms with Crippen LogP contribution in [0.25, 0.3) is 11.0 Å². The Morgan fingerprint density at radius 1 is 1.39 bits per heavy atom. The molecule has 8 nitrogen and oxygen atoms in total. The minimum atomic E-state index is -4.13. The fourth-order valence-electron chi connectivity index (χ4n) is 3.45. The molecule has 3 aromatic rings. The second-order valence-electron chi connectivity index (χ2n) is 6.98. The molecule has 0 saturated carbocycles. The zero-order chi connectivity index (χ0) is 22.3. The molecule has 0 aliphatic carbocycles. The Morgan fingerprint density at radius 2 is 2.16 bits per heavy atom. The molecule has 1 saturated heterocycles. The van der Waals surface area contributed by atoms with Gasteiger partial charge in [0, 0.05) is 43.5 Å². The number of carbonyl (C=O) groups excluding carboxylic acids is 1. The number of methoxy groups -OCH3 is 1. The van der Waals surface area contributed by atoms with Gasteiger partial charge < -0.3 is 9.72 Å². The van der Waals surface area contributed by atoms with E-state index in [2.05, 4.69) is 14.7 Å². The zero-order valence-corrected chi connectivity index (χ0v) is 17.7. The number of anilines is 1. The molecule has 1 fully saturated rings. The van der Waals surface area contributed by atoms with Gasteiger partial charge in [0.2, 0.25) is 5.78 Å². The van der Waals surface area contributed by atoms with Crippen molar-refractivity contribution in [3.63, 3.8) is 0 Å². The highest BCUT2D eigenvalue weighted by molar-refractivity contribution is 7.90. The van der Waals surface area contributed by atoms with Crippen LogP contribution in [0.4, 0.5) is 14.5 Å². The molecule has 4 rings (SSSR count). The number of hydrogen-bond donors (Lipinski definition) is 2. The van der Waals surface area contributed by atoms with Crippen LogP contribution in [0.2, 0.25) is 5.02 Å². The molecule has 0 spiro atoms. The van der Waals surface area contributed by atoms with Gasteiger partial charge >= 0.3 is 10.2 Å². The summed E-state index contributed by atoms with van der Waals surface area (Å²) in [5.74, 6) is -3.43. The van der Waals surface area contributed by atoms with Gasteiger partial charge in [-0.3, -0.25) is 9.52 Å². The number of hydrogen-bond acceptors (Lipinski definition) is 5. The lowest BCUT2D eigenvalue weighted by molar-refractivity contribution is 0.103. The molecule has 0 bridgehead atoms. The van der Waals surface area contributed by atoms with Crippen LogP contribution in [0.3, 0.4) is 0 Å². The van der Waals surface area contributed by atoms with Crippen LogP contribution < -0.4 is 4.72 Å². The average Bonchev–Trinajstić information content (AvgIpc) is 3.37. The summed E-state index contributed by atoms with van der Waals surface area (Å²) in [5.41, 5.74) is -1.17. The normalized spacial score (nSPS) is 17.4. The van der Waals surface area contributed by atoms with Crippen LogP contribution in [-0.2, 0) is 14.9 Å². The van der Waals surface area contributed by atoms with Crippen LogP contribution in [0.1, 0.15) is 22.3 Å². The van der Waals surface area contributed by atoms with Crippen molar-refractivity contribution in [1.29, 1.82) is 0 Å². The first-order chi connectivity index (χ1) is 14.7. The van der Waals surface area contributed by atoms with Crippen LogP contribution in [-0.4, -0.2) is 54.8 Å². The summed E-state index contributed by atoms with van der Waals surface area (Å²) in [6.45, 7) is 0.287. The number of nitrogens with zero attached hydrogens (tertiary/aromatic N) is 2. The van der Waals surface area contributed by atoms with Crippen LogP contribution in [0, 0.1) is 11.6 Å². The van der Waals surface area contributed by atoms with Gasteiger partial charge in [0.1, 0.15) is 11.5 Å². The van der Waals surface area contributed by atoms with E-state index in [1.54, 1.807) is 0 Å². The molecule has 164 valence electrons. The molecule has 2 N–H and O–H groups in total. The standard InChI is InChI=1S/C19H17ClF2N4O4S/c1-30-11-4-5-26(9-11)31(28,29)25-15-3-2-14(21)16(17(15)22)18(27)13-8-24-19-12(13)6-10(20)7-23-19/h2-3,6-8,11,25H,4-5,9H2,1H3,(H,23,24). The van der Waals surface area contributed by atoms with Crippen molar-refractivity contribution in [2.45, 2.75) is 12.5 Å². The molecule has 12 heteroatoms. The number of ketones is 1. The van der Waals surface area contributed by atoms with Crippen molar-refractivity contribution in [2.24, 2.45) is 0 Å². The predicted molar refractivity (Wildman–Crippen MR) is 110 cm³/mol. The van der Waals surface area contributed by atoms with Crippen molar-refractivity contribution in [3.8, 4) is 0 Å². The Kier molecular flexibility index (Phi) is 5.69. The molecule has 1 aromatic carbocycles. The minimum Gasteiger partial charge on any atom is -0.380 e. The van der Waals surface area contributed by atoms with E-state index in [1.807, 2.05) is 0 Å². The predicted octanol–water partition coefficient (Wildman–Crippen LogP) is 3.10. The van der Waals surface area contributed by atoms with Gasteiger partial charge in [-0.15, -0.1) is 0 Å². The molecule has 0 radical (unpaired) electrons. The maximum Gasteiger partial charge on any atom is 0.301 e. The highest BCUT2D eigenvalue weighted by atomic mass is 35.5. The number of rotatable bonds is 6. The third kappa shape index (κ3) is 4.01. The minimum absolute atomic E-state index is 0.0507. The Labute approximate surface area is 181 Å². The van der Waals surface area contributed by atoms with E-state index in [0.29, 0.717) is 12.1 Å². The van der Waals surface area contributed by atoms with E-state index < -0.39 is 38.9 Å². The number of aromatic nitrogens is 2. The molecular weight excluding hydrogens is 454 g/mol. The molecule has 31 heavy (non-hydrogen) atoms. The highest BCUT2D eigenvalue weighted by Gasteiger charge is 2.33. The first-order valence-corrected chi connectivity index (χ1v) is 11.0. The van der Waals surface area contributed by atoms with Gasteiger partial charge in [-0.05, 0) is 24.6 Å². The second kappa shape index (κ2) is 8.15. The zero-order valence-electron chi connectivity index (χ0n) is 16.2. The molecule has 1 aliphatic rings. The van der Waals surface area contributed by atoms with E-state index >= 15 is 4.39 Å². The molecule has 2 aromatic heterocycles. The van der Waals surface area contributed by atoms with E-state index in [1.165, 1.54) is 25.6 Å². The smallest absolute Gasteiger partial charge is 0.301 e. The largest absolute Gasteiger partial charge is 0.380 e. The maximum absolute atomic E-state index is 15.1. The number of carbonyl (C=O) groups is 1. The Hall–Kier alpha value is -2.60. The number of H-pyrrole nitrogens is 1. The average molecular weight is 471 g/mol. The molecule has 1 unspecified atom stereocenters. The lowest BCUT2D eigenvalue weighted by Crippen LogP contribution is -2.35. The summed E-state index contributed by atoms with van der Waals surface area (Å²) in [4.78, 5) is 19.7. The summed E-state index contributed by atoms with van der Waals surface area (Å²) in [7, 11) is -2.66. The summed E-state index contributed by atoms with van der Waals surface area (Å²) < 4.78 is 63.1.